The Morgan fingerprint density at radius 1 is 1.38 bits per heavy atom. The highest BCUT2D eigenvalue weighted by Crippen LogP contribution is 2.29. The number of nitrogens with one attached hydrogen (secondary N) is 1. The maximum atomic E-state index is 4.65. The number of thiazole rings is 1. The molecule has 2 nitrogen and oxygen atoms in total. The third-order valence-electron chi connectivity index (χ3n) is 3.17. The van der Waals surface area contributed by atoms with Crippen LogP contribution >= 0.6 is 23.1 Å². The van der Waals surface area contributed by atoms with Gasteiger partial charge in [-0.25, -0.2) is 4.98 Å². The van der Waals surface area contributed by atoms with Crippen LogP contribution in [-0.4, -0.2) is 29.1 Å². The quantitative estimate of drug-likeness (QED) is 0.896. The van der Waals surface area contributed by atoms with Gasteiger partial charge in [-0.05, 0) is 32.1 Å². The molecular weight excluding hydrogens is 236 g/mol. The van der Waals surface area contributed by atoms with Crippen LogP contribution in [0, 0.1) is 19.8 Å². The van der Waals surface area contributed by atoms with Crippen LogP contribution < -0.4 is 5.32 Å². The van der Waals surface area contributed by atoms with E-state index in [4.69, 9.17) is 0 Å². The van der Waals surface area contributed by atoms with E-state index < -0.39 is 0 Å². The van der Waals surface area contributed by atoms with Crippen molar-refractivity contribution in [2.75, 3.05) is 18.1 Å². The second-order valence-electron chi connectivity index (χ2n) is 4.42. The molecule has 0 saturated carbocycles. The summed E-state index contributed by atoms with van der Waals surface area (Å²) >= 11 is 3.95. The molecule has 1 aliphatic heterocycles. The molecule has 2 rings (SSSR count). The van der Waals surface area contributed by atoms with Gasteiger partial charge in [0.25, 0.3) is 0 Å². The molecule has 0 aromatic carbocycles. The number of rotatable bonds is 4. The van der Waals surface area contributed by atoms with Crippen LogP contribution in [0.25, 0.3) is 0 Å². The third kappa shape index (κ3) is 2.79. The van der Waals surface area contributed by atoms with Crippen LogP contribution in [0.2, 0.25) is 0 Å². The van der Waals surface area contributed by atoms with Gasteiger partial charge in [0.2, 0.25) is 0 Å². The van der Waals surface area contributed by atoms with Gasteiger partial charge in [0.05, 0.1) is 10.7 Å². The van der Waals surface area contributed by atoms with Gasteiger partial charge in [0, 0.05) is 23.1 Å². The fourth-order valence-electron chi connectivity index (χ4n) is 2.14. The Kier molecular flexibility index (Phi) is 4.27. The molecule has 0 bridgehead atoms. The van der Waals surface area contributed by atoms with Crippen molar-refractivity contribution in [3.8, 4) is 0 Å². The molecule has 2 atom stereocenters. The molecule has 1 fully saturated rings. The van der Waals surface area contributed by atoms with Gasteiger partial charge < -0.3 is 5.32 Å². The Labute approximate surface area is 106 Å². The van der Waals surface area contributed by atoms with Crippen molar-refractivity contribution in [1.29, 1.82) is 0 Å². The predicted molar refractivity (Wildman–Crippen MR) is 73.6 cm³/mol. The van der Waals surface area contributed by atoms with E-state index in [2.05, 4.69) is 42.8 Å². The van der Waals surface area contributed by atoms with Crippen molar-refractivity contribution >= 4 is 23.1 Å². The minimum absolute atomic E-state index is 0.694. The van der Waals surface area contributed by atoms with Gasteiger partial charge in [0.1, 0.15) is 0 Å². The standard InChI is InChI=1S/C12H20N2S2/c1-4-13-11-7-15-6-10(11)5-12-14-8(2)9(3)16-12/h10-11,13H,4-7H2,1-3H3. The molecule has 0 amide bonds. The molecule has 1 aliphatic rings. The smallest absolute Gasteiger partial charge is 0.0934 e. The normalized spacial score (nSPS) is 25.2. The lowest BCUT2D eigenvalue weighted by Crippen LogP contribution is -2.36. The summed E-state index contributed by atoms with van der Waals surface area (Å²) in [4.78, 5) is 6.03. The molecule has 2 unspecified atom stereocenters. The second kappa shape index (κ2) is 5.52. The van der Waals surface area contributed by atoms with Crippen molar-refractivity contribution in [3.05, 3.63) is 15.6 Å². The topological polar surface area (TPSA) is 24.9 Å². The molecule has 1 aromatic rings. The molecule has 4 heteroatoms. The van der Waals surface area contributed by atoms with Crippen LogP contribution in [0.15, 0.2) is 0 Å². The molecule has 0 aliphatic carbocycles. The molecule has 90 valence electrons. The summed E-state index contributed by atoms with van der Waals surface area (Å²) in [7, 11) is 0. The summed E-state index contributed by atoms with van der Waals surface area (Å²) in [6, 6.07) is 0.694. The average Bonchev–Trinajstić information content (AvgIpc) is 2.77. The van der Waals surface area contributed by atoms with E-state index in [1.165, 1.54) is 27.1 Å². The maximum absolute atomic E-state index is 4.65. The first-order valence-corrected chi connectivity index (χ1v) is 7.91. The van der Waals surface area contributed by atoms with Crippen molar-refractivity contribution in [2.24, 2.45) is 5.92 Å². The lowest BCUT2D eigenvalue weighted by atomic mass is 10.0. The molecule has 1 saturated heterocycles. The zero-order valence-corrected chi connectivity index (χ0v) is 11.9. The van der Waals surface area contributed by atoms with Gasteiger partial charge in [-0.3, -0.25) is 0 Å². The van der Waals surface area contributed by atoms with E-state index in [-0.39, 0.29) is 0 Å². The van der Waals surface area contributed by atoms with Gasteiger partial charge in [0.15, 0.2) is 0 Å². The molecule has 16 heavy (non-hydrogen) atoms. The fraction of sp³-hybridized carbons (Fsp3) is 0.750. The van der Waals surface area contributed by atoms with Crippen molar-refractivity contribution in [1.82, 2.24) is 10.3 Å². The van der Waals surface area contributed by atoms with Crippen molar-refractivity contribution in [3.63, 3.8) is 0 Å². The highest BCUT2D eigenvalue weighted by molar-refractivity contribution is 7.99. The summed E-state index contributed by atoms with van der Waals surface area (Å²) in [5.74, 6) is 3.33. The first kappa shape index (κ1) is 12.4. The Bertz CT molecular complexity index is 329. The Balaban J connectivity index is 1.98. The number of thioether (sulfide) groups is 1. The lowest BCUT2D eigenvalue weighted by Gasteiger charge is -2.18. The van der Waals surface area contributed by atoms with Gasteiger partial charge in [-0.15, -0.1) is 11.3 Å². The zero-order chi connectivity index (χ0) is 11.5. The highest BCUT2D eigenvalue weighted by atomic mass is 32.2. The first-order chi connectivity index (χ1) is 7.70. The summed E-state index contributed by atoms with van der Waals surface area (Å²) < 4.78 is 0. The second-order valence-corrected chi connectivity index (χ2v) is 6.78. The van der Waals surface area contributed by atoms with E-state index in [1.54, 1.807) is 0 Å². The van der Waals surface area contributed by atoms with Crippen LogP contribution in [0.1, 0.15) is 22.5 Å². The van der Waals surface area contributed by atoms with Crippen LogP contribution in [-0.2, 0) is 6.42 Å². The van der Waals surface area contributed by atoms with Crippen molar-refractivity contribution in [2.45, 2.75) is 33.2 Å². The Morgan fingerprint density at radius 2 is 2.19 bits per heavy atom. The maximum Gasteiger partial charge on any atom is 0.0934 e. The highest BCUT2D eigenvalue weighted by Gasteiger charge is 2.27. The minimum Gasteiger partial charge on any atom is -0.313 e. The Hall–Kier alpha value is -0.0600. The summed E-state index contributed by atoms with van der Waals surface area (Å²) in [6.45, 7) is 7.55. The van der Waals surface area contributed by atoms with Gasteiger partial charge >= 0.3 is 0 Å². The molecule has 1 aromatic heterocycles. The van der Waals surface area contributed by atoms with E-state index in [9.17, 15) is 0 Å². The number of aromatic nitrogens is 1. The van der Waals surface area contributed by atoms with Crippen LogP contribution in [0.5, 0.6) is 0 Å². The molecule has 2 heterocycles. The predicted octanol–water partition coefficient (Wildman–Crippen LogP) is 2.64. The van der Waals surface area contributed by atoms with Crippen LogP contribution in [0.4, 0.5) is 0 Å². The van der Waals surface area contributed by atoms with E-state index >= 15 is 0 Å². The third-order valence-corrected chi connectivity index (χ3v) is 5.53. The Morgan fingerprint density at radius 3 is 2.81 bits per heavy atom. The largest absolute Gasteiger partial charge is 0.313 e. The number of hydrogen-bond donors (Lipinski definition) is 1. The number of hydrogen-bond acceptors (Lipinski definition) is 4. The number of aryl methyl sites for hydroxylation is 2. The minimum atomic E-state index is 0.694. The first-order valence-electron chi connectivity index (χ1n) is 5.94. The summed E-state index contributed by atoms with van der Waals surface area (Å²) in [5, 5.41) is 4.92. The molecule has 0 radical (unpaired) electrons. The van der Waals surface area contributed by atoms with Gasteiger partial charge in [-0.1, -0.05) is 6.92 Å². The van der Waals surface area contributed by atoms with E-state index in [1.807, 2.05) is 11.3 Å². The van der Waals surface area contributed by atoms with Crippen molar-refractivity contribution < 1.29 is 0 Å². The lowest BCUT2D eigenvalue weighted by molar-refractivity contribution is 0.433. The average molecular weight is 256 g/mol. The fourth-order valence-corrected chi connectivity index (χ4v) is 4.60. The monoisotopic (exact) mass is 256 g/mol. The molecular formula is C12H20N2S2. The SMILES string of the molecule is CCNC1CSCC1Cc1nc(C)c(C)s1. The zero-order valence-electron chi connectivity index (χ0n) is 10.2. The van der Waals surface area contributed by atoms with E-state index in [0.717, 1.165) is 18.9 Å². The number of nitrogens with zero attached hydrogens (tertiary/aromatic N) is 1. The summed E-state index contributed by atoms with van der Waals surface area (Å²) in [5.41, 5.74) is 1.21. The molecule has 0 spiro atoms. The van der Waals surface area contributed by atoms with Gasteiger partial charge in [-0.2, -0.15) is 11.8 Å². The van der Waals surface area contributed by atoms with Crippen LogP contribution in [0.3, 0.4) is 0 Å². The summed E-state index contributed by atoms with van der Waals surface area (Å²) in [6.07, 6.45) is 1.16. The van der Waals surface area contributed by atoms with E-state index in [0.29, 0.717) is 6.04 Å². The molecule has 1 N–H and O–H groups in total.